The number of carbonyl (C=O) groups is 1. The predicted molar refractivity (Wildman–Crippen MR) is 132 cm³/mol. The highest BCUT2D eigenvalue weighted by Gasteiger charge is 2.52. The molecule has 0 bridgehead atoms. The van der Waals surface area contributed by atoms with Crippen molar-refractivity contribution in [2.45, 2.75) is 65.2 Å². The molecule has 5 nitrogen and oxygen atoms in total. The first-order chi connectivity index (χ1) is 15.8. The standard InChI is InChI=1S/C28H42N2O3/c1-20-16-26-25(11-10-22(3)28(26,32)17-27(20)33-23(4)31)21(2)18-29-12-14-30(15-13-29)19-24-8-6-5-7-9-24/h5-9,16,21-22,25-27,32H,10-15,17-19H2,1-4H3/t21?,22-,25+,26-,27-,28-/m1/s1. The lowest BCUT2D eigenvalue weighted by atomic mass is 9.57. The van der Waals surface area contributed by atoms with Crippen LogP contribution in [0.15, 0.2) is 42.0 Å². The summed E-state index contributed by atoms with van der Waals surface area (Å²) in [6.07, 6.45) is 4.67. The van der Waals surface area contributed by atoms with Gasteiger partial charge in [-0.3, -0.25) is 9.69 Å². The van der Waals surface area contributed by atoms with Crippen LogP contribution >= 0.6 is 0 Å². The quantitative estimate of drug-likeness (QED) is 0.518. The molecule has 0 spiro atoms. The second kappa shape index (κ2) is 10.3. The number of hydrogen-bond acceptors (Lipinski definition) is 5. The number of benzene rings is 1. The van der Waals surface area contributed by atoms with Gasteiger partial charge in [-0.2, -0.15) is 0 Å². The maximum atomic E-state index is 11.8. The van der Waals surface area contributed by atoms with Crippen LogP contribution in [-0.2, 0) is 16.1 Å². The van der Waals surface area contributed by atoms with Crippen molar-refractivity contribution < 1.29 is 14.6 Å². The smallest absolute Gasteiger partial charge is 0.303 e. The molecule has 1 aliphatic heterocycles. The minimum absolute atomic E-state index is 0.141. The number of ether oxygens (including phenoxy) is 1. The highest BCUT2D eigenvalue weighted by molar-refractivity contribution is 5.66. The monoisotopic (exact) mass is 454 g/mol. The third kappa shape index (κ3) is 5.52. The van der Waals surface area contributed by atoms with E-state index < -0.39 is 5.60 Å². The van der Waals surface area contributed by atoms with Gasteiger partial charge in [-0.25, -0.2) is 0 Å². The summed E-state index contributed by atoms with van der Waals surface area (Å²) in [4.78, 5) is 16.8. The van der Waals surface area contributed by atoms with Gasteiger partial charge in [-0.05, 0) is 48.7 Å². The summed E-state index contributed by atoms with van der Waals surface area (Å²) in [5.41, 5.74) is 1.70. The molecule has 2 fully saturated rings. The second-order valence-corrected chi connectivity index (χ2v) is 10.9. The van der Waals surface area contributed by atoms with Crippen LogP contribution in [-0.4, -0.2) is 65.3 Å². The van der Waals surface area contributed by atoms with E-state index in [0.29, 0.717) is 18.3 Å². The van der Waals surface area contributed by atoms with Crippen molar-refractivity contribution in [3.8, 4) is 0 Å². The molecule has 4 rings (SSSR count). The van der Waals surface area contributed by atoms with E-state index in [2.05, 4.69) is 67.0 Å². The van der Waals surface area contributed by atoms with Gasteiger partial charge in [0, 0.05) is 58.5 Å². The summed E-state index contributed by atoms with van der Waals surface area (Å²) in [6.45, 7) is 14.6. The Labute approximate surface area is 199 Å². The molecule has 0 aromatic heterocycles. The lowest BCUT2D eigenvalue weighted by Crippen LogP contribution is -2.56. The van der Waals surface area contributed by atoms with Gasteiger partial charge in [0.15, 0.2) is 0 Å². The van der Waals surface area contributed by atoms with Crippen molar-refractivity contribution in [3.05, 3.63) is 47.5 Å². The molecule has 6 atom stereocenters. The van der Waals surface area contributed by atoms with Crippen LogP contribution in [0.25, 0.3) is 0 Å². The second-order valence-electron chi connectivity index (χ2n) is 10.9. The minimum atomic E-state index is -0.787. The van der Waals surface area contributed by atoms with E-state index in [4.69, 9.17) is 4.74 Å². The molecule has 1 N–H and O–H groups in total. The molecule has 0 radical (unpaired) electrons. The van der Waals surface area contributed by atoms with Crippen LogP contribution < -0.4 is 0 Å². The van der Waals surface area contributed by atoms with Gasteiger partial charge in [0.1, 0.15) is 6.10 Å². The zero-order chi connectivity index (χ0) is 23.6. The molecule has 1 saturated heterocycles. The van der Waals surface area contributed by atoms with Crippen LogP contribution in [0.3, 0.4) is 0 Å². The van der Waals surface area contributed by atoms with Gasteiger partial charge in [-0.15, -0.1) is 0 Å². The number of aliphatic hydroxyl groups is 1. The van der Waals surface area contributed by atoms with Crippen LogP contribution in [0.2, 0.25) is 0 Å². The van der Waals surface area contributed by atoms with E-state index >= 15 is 0 Å². The van der Waals surface area contributed by atoms with Crippen molar-refractivity contribution in [2.24, 2.45) is 23.7 Å². The summed E-state index contributed by atoms with van der Waals surface area (Å²) in [7, 11) is 0. The lowest BCUT2D eigenvalue weighted by molar-refractivity contribution is -0.159. The number of carbonyl (C=O) groups excluding carboxylic acids is 1. The fraction of sp³-hybridized carbons (Fsp3) is 0.679. The Kier molecular flexibility index (Phi) is 7.62. The normalized spacial score (nSPS) is 34.3. The van der Waals surface area contributed by atoms with Gasteiger partial charge < -0.3 is 14.7 Å². The number of fused-ring (bicyclic) bond motifs is 1. The Bertz CT molecular complexity index is 833. The van der Waals surface area contributed by atoms with Crippen LogP contribution in [0.4, 0.5) is 0 Å². The van der Waals surface area contributed by atoms with Crippen LogP contribution in [0, 0.1) is 23.7 Å². The fourth-order valence-electron chi connectivity index (χ4n) is 6.51. The van der Waals surface area contributed by atoms with Gasteiger partial charge in [0.05, 0.1) is 5.60 Å². The van der Waals surface area contributed by atoms with E-state index in [1.165, 1.54) is 12.5 Å². The van der Waals surface area contributed by atoms with Crippen molar-refractivity contribution >= 4 is 5.97 Å². The van der Waals surface area contributed by atoms with Crippen molar-refractivity contribution in [2.75, 3.05) is 32.7 Å². The highest BCUT2D eigenvalue weighted by Crippen LogP contribution is 2.51. The Morgan fingerprint density at radius 1 is 1.15 bits per heavy atom. The van der Waals surface area contributed by atoms with Gasteiger partial charge in [-0.1, -0.05) is 50.3 Å². The van der Waals surface area contributed by atoms with Gasteiger partial charge in [0.2, 0.25) is 0 Å². The largest absolute Gasteiger partial charge is 0.458 e. The molecule has 0 amide bonds. The Morgan fingerprint density at radius 3 is 2.48 bits per heavy atom. The predicted octanol–water partition coefficient (Wildman–Crippen LogP) is 4.12. The summed E-state index contributed by atoms with van der Waals surface area (Å²) >= 11 is 0. The molecule has 1 aromatic carbocycles. The highest BCUT2D eigenvalue weighted by atomic mass is 16.5. The average molecular weight is 455 g/mol. The number of esters is 1. The molecule has 1 saturated carbocycles. The van der Waals surface area contributed by atoms with E-state index in [-0.39, 0.29) is 23.9 Å². The van der Waals surface area contributed by atoms with Gasteiger partial charge in [0.25, 0.3) is 0 Å². The fourth-order valence-corrected chi connectivity index (χ4v) is 6.51. The zero-order valence-electron chi connectivity index (χ0n) is 20.9. The number of piperazine rings is 1. The number of rotatable bonds is 6. The van der Waals surface area contributed by atoms with Crippen molar-refractivity contribution in [1.82, 2.24) is 9.80 Å². The maximum absolute atomic E-state index is 11.8. The molecule has 182 valence electrons. The molecule has 2 aliphatic carbocycles. The summed E-state index contributed by atoms with van der Waals surface area (Å²) < 4.78 is 5.56. The minimum Gasteiger partial charge on any atom is -0.458 e. The van der Waals surface area contributed by atoms with E-state index in [1.807, 2.05) is 0 Å². The topological polar surface area (TPSA) is 53.0 Å². The van der Waals surface area contributed by atoms with E-state index in [1.54, 1.807) is 0 Å². The van der Waals surface area contributed by atoms with Crippen LogP contribution in [0.5, 0.6) is 0 Å². The van der Waals surface area contributed by atoms with Gasteiger partial charge >= 0.3 is 5.97 Å². The zero-order valence-corrected chi connectivity index (χ0v) is 20.9. The first-order valence-electron chi connectivity index (χ1n) is 12.8. The molecule has 1 heterocycles. The molecule has 1 unspecified atom stereocenters. The molecule has 33 heavy (non-hydrogen) atoms. The molecule has 1 aromatic rings. The van der Waals surface area contributed by atoms with Crippen molar-refractivity contribution in [1.29, 1.82) is 0 Å². The van der Waals surface area contributed by atoms with Crippen LogP contribution in [0.1, 0.15) is 52.5 Å². The maximum Gasteiger partial charge on any atom is 0.303 e. The lowest BCUT2D eigenvalue weighted by Gasteiger charge is -2.53. The first-order valence-corrected chi connectivity index (χ1v) is 12.8. The summed E-state index contributed by atoms with van der Waals surface area (Å²) in [5.74, 6) is 1.07. The summed E-state index contributed by atoms with van der Waals surface area (Å²) in [6, 6.07) is 10.7. The Hall–Kier alpha value is -1.69. The molecular formula is C28H42N2O3. The third-order valence-electron chi connectivity index (χ3n) is 8.59. The van der Waals surface area contributed by atoms with E-state index in [0.717, 1.165) is 57.7 Å². The molecule has 3 aliphatic rings. The first kappa shape index (κ1) is 24.4. The van der Waals surface area contributed by atoms with Crippen molar-refractivity contribution in [3.63, 3.8) is 0 Å². The summed E-state index contributed by atoms with van der Waals surface area (Å²) in [5, 5.41) is 11.8. The number of hydrogen-bond donors (Lipinski definition) is 1. The third-order valence-corrected chi connectivity index (χ3v) is 8.59. The SMILES string of the molecule is CC(=O)O[C@@H]1C[C@@]2(O)[C@H](C)CC[C@@H](C(C)CN3CCN(Cc4ccccc4)CC3)[C@H]2C=C1C. The molecule has 5 heteroatoms. The molecular weight excluding hydrogens is 412 g/mol. The number of nitrogens with zero attached hydrogens (tertiary/aromatic N) is 2. The Balaban J connectivity index is 1.37. The average Bonchev–Trinajstić information content (AvgIpc) is 2.78. The Morgan fingerprint density at radius 2 is 1.82 bits per heavy atom. The van der Waals surface area contributed by atoms with E-state index in [9.17, 15) is 9.90 Å².